The van der Waals surface area contributed by atoms with Crippen molar-refractivity contribution in [3.05, 3.63) is 23.8 Å². The van der Waals surface area contributed by atoms with Gasteiger partial charge in [0.05, 0.1) is 12.0 Å². The second-order valence-corrected chi connectivity index (χ2v) is 5.97. The molecule has 0 fully saturated rings. The third-order valence-electron chi connectivity index (χ3n) is 2.91. The van der Waals surface area contributed by atoms with Gasteiger partial charge in [-0.25, -0.2) is 13.1 Å². The topological polar surface area (TPSA) is 55.4 Å². The van der Waals surface area contributed by atoms with Crippen LogP contribution in [0.25, 0.3) is 0 Å². The van der Waals surface area contributed by atoms with Crippen LogP contribution in [0.1, 0.15) is 32.8 Å². The van der Waals surface area contributed by atoms with Crippen LogP contribution in [0.2, 0.25) is 0 Å². The number of rotatable bonds is 6. The number of aryl methyl sites for hydroxylation is 1. The molecule has 0 aromatic heterocycles. The fourth-order valence-corrected chi connectivity index (χ4v) is 2.99. The van der Waals surface area contributed by atoms with Crippen LogP contribution < -0.4 is 9.46 Å². The molecule has 1 aromatic carbocycles. The van der Waals surface area contributed by atoms with E-state index in [0.717, 1.165) is 24.2 Å². The Hall–Kier alpha value is -1.07. The highest BCUT2D eigenvalue weighted by Crippen LogP contribution is 2.23. The number of benzene rings is 1. The van der Waals surface area contributed by atoms with E-state index in [1.807, 2.05) is 20.8 Å². The van der Waals surface area contributed by atoms with Crippen LogP contribution in [0, 0.1) is 0 Å². The summed E-state index contributed by atoms with van der Waals surface area (Å²) in [5, 5.41) is 0. The molecule has 1 rings (SSSR count). The van der Waals surface area contributed by atoms with Crippen LogP contribution in [0.3, 0.4) is 0 Å². The van der Waals surface area contributed by atoms with Crippen LogP contribution in [0.5, 0.6) is 5.75 Å². The molecule has 0 aliphatic heterocycles. The van der Waals surface area contributed by atoms with Crippen molar-refractivity contribution in [1.82, 2.24) is 4.72 Å². The maximum absolute atomic E-state index is 12.1. The molecule has 18 heavy (non-hydrogen) atoms. The lowest BCUT2D eigenvalue weighted by Gasteiger charge is -2.14. The molecular weight excluding hydrogens is 250 g/mol. The van der Waals surface area contributed by atoms with Gasteiger partial charge in [0.2, 0.25) is 10.0 Å². The fraction of sp³-hybridized carbons (Fsp3) is 0.538. The zero-order valence-electron chi connectivity index (χ0n) is 11.4. The van der Waals surface area contributed by atoms with Gasteiger partial charge in [-0.15, -0.1) is 0 Å². The Morgan fingerprint density at radius 1 is 1.33 bits per heavy atom. The van der Waals surface area contributed by atoms with E-state index in [4.69, 9.17) is 4.74 Å². The number of methoxy groups -OCH3 is 1. The lowest BCUT2D eigenvalue weighted by molar-refractivity contribution is 0.409. The van der Waals surface area contributed by atoms with Crippen LogP contribution in [0.4, 0.5) is 0 Å². The lowest BCUT2D eigenvalue weighted by atomic mass is 10.1. The number of sulfonamides is 1. The molecule has 4 nitrogen and oxygen atoms in total. The van der Waals surface area contributed by atoms with Gasteiger partial charge in [0.15, 0.2) is 0 Å². The summed E-state index contributed by atoms with van der Waals surface area (Å²) in [5.74, 6) is 0.722. The second-order valence-electron chi connectivity index (χ2n) is 4.26. The van der Waals surface area contributed by atoms with Crippen molar-refractivity contribution in [2.75, 3.05) is 7.11 Å². The van der Waals surface area contributed by atoms with Crippen molar-refractivity contribution >= 4 is 10.0 Å². The number of hydrogen-bond acceptors (Lipinski definition) is 3. The predicted octanol–water partition coefficient (Wildman–Crippen LogP) is 2.33. The van der Waals surface area contributed by atoms with Crippen molar-refractivity contribution in [3.63, 3.8) is 0 Å². The van der Waals surface area contributed by atoms with E-state index < -0.39 is 10.0 Å². The zero-order chi connectivity index (χ0) is 13.8. The number of hydrogen-bond donors (Lipinski definition) is 1. The van der Waals surface area contributed by atoms with Crippen molar-refractivity contribution in [3.8, 4) is 5.75 Å². The Balaban J connectivity index is 3.10. The summed E-state index contributed by atoms with van der Waals surface area (Å²) in [4.78, 5) is 0.292. The average molecular weight is 271 g/mol. The van der Waals surface area contributed by atoms with Crippen molar-refractivity contribution < 1.29 is 13.2 Å². The lowest BCUT2D eigenvalue weighted by Crippen LogP contribution is -2.32. The maximum Gasteiger partial charge on any atom is 0.240 e. The van der Waals surface area contributed by atoms with E-state index in [-0.39, 0.29) is 6.04 Å². The predicted molar refractivity (Wildman–Crippen MR) is 72.4 cm³/mol. The van der Waals surface area contributed by atoms with E-state index in [1.165, 1.54) is 0 Å². The van der Waals surface area contributed by atoms with Gasteiger partial charge in [0, 0.05) is 6.04 Å². The van der Waals surface area contributed by atoms with Crippen molar-refractivity contribution in [2.45, 2.75) is 44.6 Å². The highest BCUT2D eigenvalue weighted by molar-refractivity contribution is 7.89. The Labute approximate surface area is 109 Å². The molecule has 102 valence electrons. The molecule has 0 bridgehead atoms. The SMILES string of the molecule is CCc1cc(S(=O)(=O)NC(C)CC)ccc1OC. The average Bonchev–Trinajstić information content (AvgIpc) is 2.37. The van der Waals surface area contributed by atoms with Gasteiger partial charge < -0.3 is 4.74 Å². The molecule has 0 spiro atoms. The summed E-state index contributed by atoms with van der Waals surface area (Å²) < 4.78 is 32.1. The van der Waals surface area contributed by atoms with Crippen molar-refractivity contribution in [1.29, 1.82) is 0 Å². The minimum absolute atomic E-state index is 0.0674. The molecule has 1 unspecified atom stereocenters. The Kier molecular flexibility index (Phi) is 5.16. The van der Waals surface area contributed by atoms with Gasteiger partial charge in [0.1, 0.15) is 5.75 Å². The normalized spacial score (nSPS) is 13.3. The Morgan fingerprint density at radius 2 is 2.00 bits per heavy atom. The quantitative estimate of drug-likeness (QED) is 0.864. The van der Waals surface area contributed by atoms with E-state index >= 15 is 0 Å². The first kappa shape index (κ1) is 15.0. The second kappa shape index (κ2) is 6.20. The van der Waals surface area contributed by atoms with Crippen LogP contribution in [-0.4, -0.2) is 21.6 Å². The monoisotopic (exact) mass is 271 g/mol. The first-order valence-corrected chi connectivity index (χ1v) is 7.62. The molecule has 0 saturated carbocycles. The molecule has 1 atom stereocenters. The summed E-state index contributed by atoms with van der Waals surface area (Å²) >= 11 is 0. The molecule has 0 saturated heterocycles. The third kappa shape index (κ3) is 3.46. The van der Waals surface area contributed by atoms with E-state index in [1.54, 1.807) is 25.3 Å². The molecule has 0 aliphatic carbocycles. The zero-order valence-corrected chi connectivity index (χ0v) is 12.2. The number of ether oxygens (including phenoxy) is 1. The van der Waals surface area contributed by atoms with E-state index in [9.17, 15) is 8.42 Å². The first-order chi connectivity index (χ1) is 8.44. The van der Waals surface area contributed by atoms with Gasteiger partial charge in [-0.2, -0.15) is 0 Å². The Bertz CT molecular complexity index is 497. The van der Waals surface area contributed by atoms with Gasteiger partial charge >= 0.3 is 0 Å². The van der Waals surface area contributed by atoms with Crippen LogP contribution in [0.15, 0.2) is 23.1 Å². The number of nitrogens with one attached hydrogen (secondary N) is 1. The van der Waals surface area contributed by atoms with Gasteiger partial charge in [0.25, 0.3) is 0 Å². The Morgan fingerprint density at radius 3 is 2.50 bits per heavy atom. The molecule has 0 heterocycles. The highest BCUT2D eigenvalue weighted by Gasteiger charge is 2.17. The first-order valence-electron chi connectivity index (χ1n) is 6.13. The van der Waals surface area contributed by atoms with Gasteiger partial charge in [-0.3, -0.25) is 0 Å². The largest absolute Gasteiger partial charge is 0.496 e. The molecule has 0 amide bonds. The highest BCUT2D eigenvalue weighted by atomic mass is 32.2. The van der Waals surface area contributed by atoms with Crippen LogP contribution in [-0.2, 0) is 16.4 Å². The summed E-state index contributed by atoms with van der Waals surface area (Å²) in [5.41, 5.74) is 0.893. The molecule has 0 radical (unpaired) electrons. The minimum atomic E-state index is -3.43. The fourth-order valence-electron chi connectivity index (χ4n) is 1.61. The standard InChI is InChI=1S/C13H21NO3S/c1-5-10(3)14-18(15,16)12-7-8-13(17-4)11(6-2)9-12/h7-10,14H,5-6H2,1-4H3. The minimum Gasteiger partial charge on any atom is -0.496 e. The molecule has 1 N–H and O–H groups in total. The molecule has 5 heteroatoms. The summed E-state index contributed by atoms with van der Waals surface area (Å²) in [6.45, 7) is 5.76. The third-order valence-corrected chi connectivity index (χ3v) is 4.50. The molecular formula is C13H21NO3S. The summed E-state index contributed by atoms with van der Waals surface area (Å²) in [6.07, 6.45) is 1.49. The molecule has 1 aromatic rings. The smallest absolute Gasteiger partial charge is 0.240 e. The maximum atomic E-state index is 12.1. The summed E-state index contributed by atoms with van der Waals surface area (Å²) in [7, 11) is -1.85. The van der Waals surface area contributed by atoms with Crippen LogP contribution >= 0.6 is 0 Å². The molecule has 0 aliphatic rings. The van der Waals surface area contributed by atoms with Gasteiger partial charge in [-0.05, 0) is 43.5 Å². The summed E-state index contributed by atoms with van der Waals surface area (Å²) in [6, 6.07) is 4.87. The van der Waals surface area contributed by atoms with Gasteiger partial charge in [-0.1, -0.05) is 13.8 Å². The van der Waals surface area contributed by atoms with E-state index in [0.29, 0.717) is 4.90 Å². The van der Waals surface area contributed by atoms with E-state index in [2.05, 4.69) is 4.72 Å². The van der Waals surface area contributed by atoms with Crippen molar-refractivity contribution in [2.24, 2.45) is 0 Å².